The summed E-state index contributed by atoms with van der Waals surface area (Å²) >= 11 is 6.05. The van der Waals surface area contributed by atoms with Gasteiger partial charge in [0.1, 0.15) is 11.8 Å². The monoisotopic (exact) mass is 577 g/mol. The number of methoxy groups -OCH3 is 1. The van der Waals surface area contributed by atoms with E-state index in [1.54, 1.807) is 35.9 Å². The summed E-state index contributed by atoms with van der Waals surface area (Å²) < 4.78 is 7.12. The molecule has 2 aromatic carbocycles. The molecule has 2 amide bonds. The summed E-state index contributed by atoms with van der Waals surface area (Å²) in [7, 11) is 1.59. The highest BCUT2D eigenvalue weighted by Crippen LogP contribution is 2.32. The van der Waals surface area contributed by atoms with Gasteiger partial charge in [-0.1, -0.05) is 50.1 Å². The van der Waals surface area contributed by atoms with E-state index in [1.807, 2.05) is 25.1 Å². The van der Waals surface area contributed by atoms with Gasteiger partial charge in [-0.3, -0.25) is 19.0 Å². The number of nitrogens with one attached hydrogen (secondary N) is 2. The third-order valence-corrected chi connectivity index (χ3v) is 9.10. The zero-order valence-corrected chi connectivity index (χ0v) is 24.8. The number of rotatable bonds is 8. The van der Waals surface area contributed by atoms with E-state index >= 15 is 0 Å². The lowest BCUT2D eigenvalue weighted by atomic mass is 9.83. The van der Waals surface area contributed by atoms with E-state index in [1.165, 1.54) is 12.8 Å². The molecule has 5 rings (SSSR count). The summed E-state index contributed by atoms with van der Waals surface area (Å²) in [6, 6.07) is 11.9. The van der Waals surface area contributed by atoms with E-state index in [4.69, 9.17) is 16.3 Å². The molecule has 1 heterocycles. The zero-order valence-electron chi connectivity index (χ0n) is 24.0. The predicted molar refractivity (Wildman–Crippen MR) is 162 cm³/mol. The molecule has 3 aromatic rings. The van der Waals surface area contributed by atoms with Gasteiger partial charge in [0.15, 0.2) is 0 Å². The first-order chi connectivity index (χ1) is 19.9. The highest BCUT2D eigenvalue weighted by atomic mass is 35.5. The number of halogens is 1. The number of hydrogen-bond donors (Lipinski definition) is 2. The van der Waals surface area contributed by atoms with Gasteiger partial charge in [0.2, 0.25) is 11.8 Å². The van der Waals surface area contributed by atoms with Gasteiger partial charge in [0, 0.05) is 27.7 Å². The number of hydrogen-bond acceptors (Lipinski definition) is 4. The molecule has 2 aliphatic carbocycles. The Hall–Kier alpha value is -3.32. The minimum absolute atomic E-state index is 0.0519. The molecule has 2 fully saturated rings. The summed E-state index contributed by atoms with van der Waals surface area (Å²) in [5.41, 5.74) is 2.63. The topological polar surface area (TPSA) is 89.4 Å². The van der Waals surface area contributed by atoms with Gasteiger partial charge in [-0.2, -0.15) is 0 Å². The van der Waals surface area contributed by atoms with Crippen molar-refractivity contribution in [2.45, 2.75) is 89.6 Å². The lowest BCUT2D eigenvalue weighted by Crippen LogP contribution is -2.54. The second-order valence-electron chi connectivity index (χ2n) is 11.6. The second-order valence-corrected chi connectivity index (χ2v) is 12.0. The van der Waals surface area contributed by atoms with Crippen molar-refractivity contribution in [3.05, 3.63) is 64.3 Å². The molecule has 1 atom stereocenters. The average Bonchev–Trinajstić information content (AvgIpc) is 3.26. The lowest BCUT2D eigenvalue weighted by Gasteiger charge is -2.32. The first-order valence-corrected chi connectivity index (χ1v) is 15.3. The Labute approximate surface area is 247 Å². The second kappa shape index (κ2) is 13.1. The van der Waals surface area contributed by atoms with Crippen LogP contribution in [0, 0.1) is 12.8 Å². The van der Waals surface area contributed by atoms with E-state index in [9.17, 15) is 14.4 Å². The standard InChI is InChI=1S/C33H40ClN3O4/c1-21-27(28-19-26(41-2)17-18-29(28)37(21)33(40)23-13-15-24(34)16-14-23)20-30(38)36-31(22-9-5-3-6-10-22)32(39)35-25-11-7-4-8-12-25/h13-19,22,25,31H,3-12,20H2,1-2H3,(H,35,39)(H,36,38). The summed E-state index contributed by atoms with van der Waals surface area (Å²) in [6.07, 6.45) is 10.7. The van der Waals surface area contributed by atoms with Gasteiger partial charge in [0.05, 0.1) is 19.0 Å². The van der Waals surface area contributed by atoms with Crippen molar-refractivity contribution in [1.82, 2.24) is 15.2 Å². The first-order valence-electron chi connectivity index (χ1n) is 14.9. The van der Waals surface area contributed by atoms with Gasteiger partial charge in [0.25, 0.3) is 5.91 Å². The van der Waals surface area contributed by atoms with Crippen LogP contribution in [0.15, 0.2) is 42.5 Å². The molecule has 2 N–H and O–H groups in total. The van der Waals surface area contributed by atoms with Crippen LogP contribution in [0.3, 0.4) is 0 Å². The Morgan fingerprint density at radius 2 is 1.61 bits per heavy atom. The largest absolute Gasteiger partial charge is 0.497 e. The zero-order chi connectivity index (χ0) is 28.9. The molecule has 2 aliphatic rings. The van der Waals surface area contributed by atoms with Crippen molar-refractivity contribution in [3.63, 3.8) is 0 Å². The Balaban J connectivity index is 1.43. The fourth-order valence-electron chi connectivity index (χ4n) is 6.58. The van der Waals surface area contributed by atoms with Gasteiger partial charge in [-0.15, -0.1) is 0 Å². The fraction of sp³-hybridized carbons (Fsp3) is 0.485. The van der Waals surface area contributed by atoms with Gasteiger partial charge >= 0.3 is 0 Å². The average molecular weight is 578 g/mol. The molecule has 8 heteroatoms. The van der Waals surface area contributed by atoms with Crippen LogP contribution in [0.4, 0.5) is 0 Å². The third-order valence-electron chi connectivity index (χ3n) is 8.85. The van der Waals surface area contributed by atoms with Crippen LogP contribution in [-0.2, 0) is 16.0 Å². The maximum atomic E-state index is 13.7. The minimum atomic E-state index is -0.552. The van der Waals surface area contributed by atoms with Crippen molar-refractivity contribution in [3.8, 4) is 5.75 Å². The van der Waals surface area contributed by atoms with Crippen LogP contribution >= 0.6 is 11.6 Å². The van der Waals surface area contributed by atoms with Crippen LogP contribution in [0.5, 0.6) is 5.75 Å². The van der Waals surface area contributed by atoms with Gasteiger partial charge in [-0.05, 0) is 86.6 Å². The normalized spacial score (nSPS) is 17.2. The molecule has 0 aliphatic heterocycles. The smallest absolute Gasteiger partial charge is 0.262 e. The first kappa shape index (κ1) is 29.2. The quantitative estimate of drug-likeness (QED) is 0.326. The van der Waals surface area contributed by atoms with E-state index in [0.29, 0.717) is 27.5 Å². The maximum absolute atomic E-state index is 13.7. The van der Waals surface area contributed by atoms with Crippen LogP contribution < -0.4 is 15.4 Å². The molecule has 218 valence electrons. The third kappa shape index (κ3) is 6.61. The van der Waals surface area contributed by atoms with Crippen LogP contribution in [0.2, 0.25) is 5.02 Å². The number of carbonyl (C=O) groups is 3. The Bertz CT molecular complexity index is 1400. The molecular weight excluding hydrogens is 538 g/mol. The van der Waals surface area contributed by atoms with Gasteiger partial charge < -0.3 is 15.4 Å². The molecule has 0 bridgehead atoms. The molecule has 0 spiro atoms. The Morgan fingerprint density at radius 3 is 2.27 bits per heavy atom. The van der Waals surface area contributed by atoms with Crippen LogP contribution in [0.25, 0.3) is 10.9 Å². The van der Waals surface area contributed by atoms with E-state index in [0.717, 1.165) is 62.3 Å². The summed E-state index contributed by atoms with van der Waals surface area (Å²) in [6.45, 7) is 1.86. The minimum Gasteiger partial charge on any atom is -0.497 e. The summed E-state index contributed by atoms with van der Waals surface area (Å²) in [5, 5.41) is 7.72. The molecule has 0 radical (unpaired) electrons. The van der Waals surface area contributed by atoms with Crippen molar-refractivity contribution < 1.29 is 19.1 Å². The molecule has 41 heavy (non-hydrogen) atoms. The van der Waals surface area contributed by atoms with Crippen molar-refractivity contribution in [1.29, 1.82) is 0 Å². The number of fused-ring (bicyclic) bond motifs is 1. The van der Waals surface area contributed by atoms with Crippen LogP contribution in [0.1, 0.15) is 85.8 Å². The maximum Gasteiger partial charge on any atom is 0.262 e. The van der Waals surface area contributed by atoms with Crippen molar-refractivity contribution in [2.24, 2.45) is 5.92 Å². The van der Waals surface area contributed by atoms with E-state index in [-0.39, 0.29) is 36.1 Å². The molecule has 2 saturated carbocycles. The molecule has 1 unspecified atom stereocenters. The number of ether oxygens (including phenoxy) is 1. The highest BCUT2D eigenvalue weighted by molar-refractivity contribution is 6.30. The highest BCUT2D eigenvalue weighted by Gasteiger charge is 2.33. The van der Waals surface area contributed by atoms with Crippen molar-refractivity contribution in [2.75, 3.05) is 7.11 Å². The predicted octanol–water partition coefficient (Wildman–Crippen LogP) is 6.36. The van der Waals surface area contributed by atoms with Gasteiger partial charge in [-0.25, -0.2) is 0 Å². The van der Waals surface area contributed by atoms with Crippen molar-refractivity contribution >= 4 is 40.2 Å². The number of aromatic nitrogens is 1. The Morgan fingerprint density at radius 1 is 0.951 bits per heavy atom. The number of nitrogens with zero attached hydrogens (tertiary/aromatic N) is 1. The summed E-state index contributed by atoms with van der Waals surface area (Å²) in [4.78, 5) is 40.8. The van der Waals surface area contributed by atoms with Crippen LogP contribution in [-0.4, -0.2) is 41.5 Å². The molecule has 7 nitrogen and oxygen atoms in total. The molecule has 1 aromatic heterocycles. The number of amides is 2. The van der Waals surface area contributed by atoms with E-state index < -0.39 is 6.04 Å². The van der Waals surface area contributed by atoms with E-state index in [2.05, 4.69) is 10.6 Å². The lowest BCUT2D eigenvalue weighted by molar-refractivity contribution is -0.131. The summed E-state index contributed by atoms with van der Waals surface area (Å²) in [5.74, 6) is 0.291. The Kier molecular flexibility index (Phi) is 9.33. The molecule has 0 saturated heterocycles. The number of benzene rings is 2. The SMILES string of the molecule is COc1ccc2c(c1)c(CC(=O)NC(C(=O)NC1CCCCC1)C1CCCCC1)c(C)n2C(=O)c1ccc(Cl)cc1. The molecular formula is C33H40ClN3O4. The number of carbonyl (C=O) groups excluding carboxylic acids is 3. The fourth-order valence-corrected chi connectivity index (χ4v) is 6.71.